The van der Waals surface area contributed by atoms with Gasteiger partial charge < -0.3 is 9.84 Å². The third-order valence-electron chi connectivity index (χ3n) is 2.93. The summed E-state index contributed by atoms with van der Waals surface area (Å²) >= 11 is 12.2. The summed E-state index contributed by atoms with van der Waals surface area (Å²) in [4.78, 5) is 15.8. The quantitative estimate of drug-likeness (QED) is 0.875. The molecular formula is C15H13Cl2NO3. The molecule has 0 amide bonds. The molecule has 0 saturated carbocycles. The molecular weight excluding hydrogens is 313 g/mol. The molecule has 4 nitrogen and oxygen atoms in total. The van der Waals surface area contributed by atoms with Crippen molar-refractivity contribution in [3.8, 4) is 11.3 Å². The summed E-state index contributed by atoms with van der Waals surface area (Å²) < 4.78 is 4.64. The molecule has 1 heterocycles. The molecule has 21 heavy (non-hydrogen) atoms. The molecule has 0 aliphatic carbocycles. The van der Waals surface area contributed by atoms with Crippen LogP contribution in [0.1, 0.15) is 16.1 Å². The second kappa shape index (κ2) is 6.89. The standard InChI is InChI=1S/C15H13Cl2NO3/c1-21-15(20)14-11(16)4-5-13(18-14)10-3-2-9(6-7-19)8-12(10)17/h2-5,8,19H,6-7H2,1H3. The Labute approximate surface area is 132 Å². The van der Waals surface area contributed by atoms with Gasteiger partial charge in [0.2, 0.25) is 0 Å². The van der Waals surface area contributed by atoms with E-state index in [0.717, 1.165) is 5.56 Å². The Hall–Kier alpha value is -1.62. The highest BCUT2D eigenvalue weighted by Crippen LogP contribution is 2.29. The minimum absolute atomic E-state index is 0.0483. The number of esters is 1. The molecule has 1 N–H and O–H groups in total. The number of carbonyl (C=O) groups is 1. The molecule has 0 fully saturated rings. The van der Waals surface area contributed by atoms with Crippen LogP contribution in [0.25, 0.3) is 11.3 Å². The first-order chi connectivity index (χ1) is 10.1. The maximum absolute atomic E-state index is 11.6. The van der Waals surface area contributed by atoms with E-state index >= 15 is 0 Å². The third kappa shape index (κ3) is 3.53. The fourth-order valence-electron chi connectivity index (χ4n) is 1.88. The molecule has 2 rings (SSSR count). The first-order valence-corrected chi connectivity index (χ1v) is 6.97. The number of aliphatic hydroxyl groups excluding tert-OH is 1. The van der Waals surface area contributed by atoms with E-state index in [4.69, 9.17) is 28.3 Å². The Morgan fingerprint density at radius 3 is 2.62 bits per heavy atom. The molecule has 0 bridgehead atoms. The minimum atomic E-state index is -0.602. The van der Waals surface area contributed by atoms with Crippen molar-refractivity contribution in [2.75, 3.05) is 13.7 Å². The van der Waals surface area contributed by atoms with Crippen LogP contribution < -0.4 is 0 Å². The van der Waals surface area contributed by atoms with Crippen LogP contribution in [0.15, 0.2) is 30.3 Å². The molecule has 110 valence electrons. The number of carbonyl (C=O) groups excluding carboxylic acids is 1. The molecule has 1 aromatic carbocycles. The highest BCUT2D eigenvalue weighted by Gasteiger charge is 2.15. The second-order valence-corrected chi connectivity index (χ2v) is 5.12. The van der Waals surface area contributed by atoms with Crippen LogP contribution in [-0.4, -0.2) is 29.8 Å². The van der Waals surface area contributed by atoms with E-state index < -0.39 is 5.97 Å². The van der Waals surface area contributed by atoms with Crippen LogP contribution >= 0.6 is 23.2 Å². The summed E-state index contributed by atoms with van der Waals surface area (Å²) in [5, 5.41) is 9.64. The number of methoxy groups -OCH3 is 1. The number of aliphatic hydroxyl groups is 1. The molecule has 0 radical (unpaired) electrons. The Kier molecular flexibility index (Phi) is 5.17. The van der Waals surface area contributed by atoms with Crippen LogP contribution in [0.4, 0.5) is 0 Å². The largest absolute Gasteiger partial charge is 0.464 e. The molecule has 0 saturated heterocycles. The fourth-order valence-corrected chi connectivity index (χ4v) is 2.37. The van der Waals surface area contributed by atoms with Crippen molar-refractivity contribution in [1.29, 1.82) is 0 Å². The van der Waals surface area contributed by atoms with Gasteiger partial charge in [0, 0.05) is 12.2 Å². The number of nitrogens with zero attached hydrogens (tertiary/aromatic N) is 1. The Balaban J connectivity index is 2.45. The highest BCUT2D eigenvalue weighted by molar-refractivity contribution is 6.34. The second-order valence-electron chi connectivity index (χ2n) is 4.31. The van der Waals surface area contributed by atoms with Gasteiger partial charge in [-0.3, -0.25) is 0 Å². The lowest BCUT2D eigenvalue weighted by Crippen LogP contribution is -2.06. The van der Waals surface area contributed by atoms with Crippen LogP contribution in [0, 0.1) is 0 Å². The van der Waals surface area contributed by atoms with Crippen LogP contribution in [0.3, 0.4) is 0 Å². The molecule has 0 atom stereocenters. The van der Waals surface area contributed by atoms with E-state index in [1.165, 1.54) is 7.11 Å². The van der Waals surface area contributed by atoms with E-state index in [1.807, 2.05) is 6.07 Å². The first kappa shape index (κ1) is 15.8. The third-order valence-corrected chi connectivity index (χ3v) is 3.55. The summed E-state index contributed by atoms with van der Waals surface area (Å²) in [6.07, 6.45) is 0.529. The molecule has 0 aliphatic rings. The predicted molar refractivity (Wildman–Crippen MR) is 81.8 cm³/mol. The summed E-state index contributed by atoms with van der Waals surface area (Å²) in [7, 11) is 1.27. The summed E-state index contributed by atoms with van der Waals surface area (Å²) in [5.74, 6) is -0.602. The zero-order chi connectivity index (χ0) is 15.4. The van der Waals surface area contributed by atoms with Gasteiger partial charge >= 0.3 is 5.97 Å². The van der Waals surface area contributed by atoms with Gasteiger partial charge in [0.15, 0.2) is 5.69 Å². The summed E-state index contributed by atoms with van der Waals surface area (Å²) in [6.45, 7) is 0.0569. The van der Waals surface area contributed by atoms with Crippen LogP contribution in [-0.2, 0) is 11.2 Å². The number of benzene rings is 1. The lowest BCUT2D eigenvalue weighted by atomic mass is 10.1. The average Bonchev–Trinajstić information content (AvgIpc) is 2.48. The van der Waals surface area contributed by atoms with E-state index in [2.05, 4.69) is 9.72 Å². The number of pyridine rings is 1. The molecule has 6 heteroatoms. The van der Waals surface area contributed by atoms with Gasteiger partial charge in [0.05, 0.1) is 22.8 Å². The van der Waals surface area contributed by atoms with Crippen molar-refractivity contribution in [3.63, 3.8) is 0 Å². The Bertz CT molecular complexity index is 674. The number of ether oxygens (including phenoxy) is 1. The monoisotopic (exact) mass is 325 g/mol. The van der Waals surface area contributed by atoms with Crippen molar-refractivity contribution in [3.05, 3.63) is 51.6 Å². The van der Waals surface area contributed by atoms with Gasteiger partial charge in [-0.25, -0.2) is 9.78 Å². The highest BCUT2D eigenvalue weighted by atomic mass is 35.5. The van der Waals surface area contributed by atoms with Crippen LogP contribution in [0.5, 0.6) is 0 Å². The average molecular weight is 326 g/mol. The number of halogens is 2. The van der Waals surface area contributed by atoms with Gasteiger partial charge in [-0.2, -0.15) is 0 Å². The lowest BCUT2D eigenvalue weighted by Gasteiger charge is -2.08. The number of hydrogen-bond donors (Lipinski definition) is 1. The van der Waals surface area contributed by atoms with Gasteiger partial charge in [0.25, 0.3) is 0 Å². The zero-order valence-electron chi connectivity index (χ0n) is 11.3. The smallest absolute Gasteiger partial charge is 0.358 e. The van der Waals surface area contributed by atoms with Crippen LogP contribution in [0.2, 0.25) is 10.0 Å². The lowest BCUT2D eigenvalue weighted by molar-refractivity contribution is 0.0594. The molecule has 0 spiro atoms. The van der Waals surface area contributed by atoms with E-state index in [1.54, 1.807) is 24.3 Å². The normalized spacial score (nSPS) is 10.5. The van der Waals surface area contributed by atoms with Gasteiger partial charge in [-0.05, 0) is 30.2 Å². The first-order valence-electron chi connectivity index (χ1n) is 6.21. The molecule has 1 aromatic heterocycles. The zero-order valence-corrected chi connectivity index (χ0v) is 12.8. The summed E-state index contributed by atoms with van der Waals surface area (Å²) in [5.41, 5.74) is 2.18. The Morgan fingerprint density at radius 2 is 2.00 bits per heavy atom. The SMILES string of the molecule is COC(=O)c1nc(-c2ccc(CCO)cc2Cl)ccc1Cl. The van der Waals surface area contributed by atoms with Gasteiger partial charge in [-0.15, -0.1) is 0 Å². The van der Waals surface area contributed by atoms with Crippen molar-refractivity contribution < 1.29 is 14.6 Å². The van der Waals surface area contributed by atoms with Crippen molar-refractivity contribution >= 4 is 29.2 Å². The van der Waals surface area contributed by atoms with Crippen molar-refractivity contribution in [1.82, 2.24) is 4.98 Å². The van der Waals surface area contributed by atoms with E-state index in [9.17, 15) is 4.79 Å². The topological polar surface area (TPSA) is 59.4 Å². The van der Waals surface area contributed by atoms with E-state index in [-0.39, 0.29) is 17.3 Å². The van der Waals surface area contributed by atoms with Crippen molar-refractivity contribution in [2.45, 2.75) is 6.42 Å². The van der Waals surface area contributed by atoms with E-state index in [0.29, 0.717) is 22.7 Å². The number of aromatic nitrogens is 1. The Morgan fingerprint density at radius 1 is 1.24 bits per heavy atom. The van der Waals surface area contributed by atoms with Gasteiger partial charge in [-0.1, -0.05) is 35.3 Å². The molecule has 0 aliphatic heterocycles. The number of hydrogen-bond acceptors (Lipinski definition) is 4. The summed E-state index contributed by atoms with van der Waals surface area (Å²) in [6, 6.07) is 8.67. The maximum Gasteiger partial charge on any atom is 0.358 e. The fraction of sp³-hybridized carbons (Fsp3) is 0.200. The number of rotatable bonds is 4. The van der Waals surface area contributed by atoms with Gasteiger partial charge in [0.1, 0.15) is 0 Å². The predicted octanol–water partition coefficient (Wildman–Crippen LogP) is 3.38. The molecule has 2 aromatic rings. The van der Waals surface area contributed by atoms with Crippen molar-refractivity contribution in [2.24, 2.45) is 0 Å². The maximum atomic E-state index is 11.6. The molecule has 0 unspecified atom stereocenters. The minimum Gasteiger partial charge on any atom is -0.464 e.